The molecule has 2 aliphatic rings. The maximum Gasteiger partial charge on any atom is 0.317 e. The van der Waals surface area contributed by atoms with Crippen LogP contribution in [0.5, 0.6) is 11.5 Å². The highest BCUT2D eigenvalue weighted by atomic mass is 16.7. The van der Waals surface area contributed by atoms with Crippen LogP contribution in [0.3, 0.4) is 0 Å². The predicted octanol–water partition coefficient (Wildman–Crippen LogP) is 1.33. The van der Waals surface area contributed by atoms with E-state index in [-0.39, 0.29) is 25.3 Å². The molecule has 1 unspecified atom stereocenters. The Balaban J connectivity index is 1.53. The van der Waals surface area contributed by atoms with E-state index in [9.17, 15) is 9.90 Å². The van der Waals surface area contributed by atoms with E-state index < -0.39 is 0 Å². The fourth-order valence-corrected chi connectivity index (χ4v) is 2.74. The SMILES string of the molecule is O=C(NCc1ccc2c(c1)OCO2)N1CCCC(CO)C1. The molecule has 0 aromatic heterocycles. The normalized spacial score (nSPS) is 20.4. The van der Waals surface area contributed by atoms with E-state index in [1.807, 2.05) is 18.2 Å². The van der Waals surface area contributed by atoms with E-state index >= 15 is 0 Å². The van der Waals surface area contributed by atoms with Crippen molar-refractivity contribution in [2.75, 3.05) is 26.5 Å². The Labute approximate surface area is 123 Å². The molecule has 2 N–H and O–H groups in total. The van der Waals surface area contributed by atoms with E-state index in [0.29, 0.717) is 13.1 Å². The van der Waals surface area contributed by atoms with Gasteiger partial charge in [0.15, 0.2) is 11.5 Å². The number of ether oxygens (including phenoxy) is 2. The first-order chi connectivity index (χ1) is 10.3. The second kappa shape index (κ2) is 6.22. The zero-order valence-electron chi connectivity index (χ0n) is 11.9. The molecule has 0 spiro atoms. The molecular weight excluding hydrogens is 272 g/mol. The minimum Gasteiger partial charge on any atom is -0.454 e. The Hall–Kier alpha value is -1.95. The van der Waals surface area contributed by atoms with Gasteiger partial charge in [0, 0.05) is 26.2 Å². The molecule has 1 fully saturated rings. The second-order valence-electron chi connectivity index (χ2n) is 5.48. The molecule has 6 nitrogen and oxygen atoms in total. The van der Waals surface area contributed by atoms with Crippen LogP contribution in [0, 0.1) is 5.92 Å². The molecule has 1 aromatic rings. The fourth-order valence-electron chi connectivity index (χ4n) is 2.74. The number of carbonyl (C=O) groups is 1. The minimum absolute atomic E-state index is 0.0779. The van der Waals surface area contributed by atoms with Crippen molar-refractivity contribution in [3.8, 4) is 11.5 Å². The van der Waals surface area contributed by atoms with Crippen LogP contribution in [0.2, 0.25) is 0 Å². The number of nitrogens with one attached hydrogen (secondary N) is 1. The van der Waals surface area contributed by atoms with Gasteiger partial charge in [-0.2, -0.15) is 0 Å². The van der Waals surface area contributed by atoms with Gasteiger partial charge in [0.1, 0.15) is 0 Å². The number of rotatable bonds is 3. The largest absolute Gasteiger partial charge is 0.454 e. The van der Waals surface area contributed by atoms with Crippen molar-refractivity contribution in [2.45, 2.75) is 19.4 Å². The highest BCUT2D eigenvalue weighted by Crippen LogP contribution is 2.32. The van der Waals surface area contributed by atoms with Crippen LogP contribution in [0.4, 0.5) is 4.79 Å². The highest BCUT2D eigenvalue weighted by molar-refractivity contribution is 5.74. The van der Waals surface area contributed by atoms with Gasteiger partial charge in [-0.15, -0.1) is 0 Å². The van der Waals surface area contributed by atoms with E-state index in [4.69, 9.17) is 9.47 Å². The molecule has 0 bridgehead atoms. The van der Waals surface area contributed by atoms with Crippen LogP contribution in [-0.4, -0.2) is 42.5 Å². The van der Waals surface area contributed by atoms with Gasteiger partial charge in [0.2, 0.25) is 6.79 Å². The number of hydrogen-bond donors (Lipinski definition) is 2. The van der Waals surface area contributed by atoms with Crippen molar-refractivity contribution in [1.29, 1.82) is 0 Å². The molecule has 2 amide bonds. The molecule has 1 atom stereocenters. The van der Waals surface area contributed by atoms with E-state index in [0.717, 1.165) is 36.4 Å². The van der Waals surface area contributed by atoms with E-state index in [1.165, 1.54) is 0 Å². The van der Waals surface area contributed by atoms with Gasteiger partial charge in [-0.05, 0) is 36.5 Å². The monoisotopic (exact) mass is 292 g/mol. The number of likely N-dealkylation sites (tertiary alicyclic amines) is 1. The van der Waals surface area contributed by atoms with Crippen LogP contribution in [-0.2, 0) is 6.54 Å². The summed E-state index contributed by atoms with van der Waals surface area (Å²) in [6.45, 7) is 2.23. The third kappa shape index (κ3) is 3.21. The maximum atomic E-state index is 12.1. The van der Waals surface area contributed by atoms with Crippen LogP contribution < -0.4 is 14.8 Å². The first-order valence-corrected chi connectivity index (χ1v) is 7.28. The van der Waals surface area contributed by atoms with Gasteiger partial charge in [-0.3, -0.25) is 0 Å². The Bertz CT molecular complexity index is 520. The zero-order valence-corrected chi connectivity index (χ0v) is 11.9. The number of aliphatic hydroxyl groups is 1. The number of carbonyl (C=O) groups excluding carboxylic acids is 1. The summed E-state index contributed by atoms with van der Waals surface area (Å²) in [5.41, 5.74) is 0.975. The Morgan fingerprint density at radius 3 is 3.10 bits per heavy atom. The van der Waals surface area contributed by atoms with E-state index in [1.54, 1.807) is 4.90 Å². The van der Waals surface area contributed by atoms with Gasteiger partial charge in [0.05, 0.1) is 0 Å². The highest BCUT2D eigenvalue weighted by Gasteiger charge is 2.23. The summed E-state index contributed by atoms with van der Waals surface area (Å²) in [6.07, 6.45) is 1.94. The van der Waals surface area contributed by atoms with Crippen LogP contribution >= 0.6 is 0 Å². The quantitative estimate of drug-likeness (QED) is 0.881. The zero-order chi connectivity index (χ0) is 14.7. The standard InChI is InChI=1S/C15H20N2O4/c18-9-12-2-1-5-17(8-12)15(19)16-7-11-3-4-13-14(6-11)21-10-20-13/h3-4,6,12,18H,1-2,5,7-10H2,(H,16,19). The van der Waals surface area contributed by atoms with Gasteiger partial charge in [-0.1, -0.05) is 6.07 Å². The molecule has 3 rings (SSSR count). The number of benzene rings is 1. The molecule has 21 heavy (non-hydrogen) atoms. The number of piperidine rings is 1. The third-order valence-electron chi connectivity index (χ3n) is 3.95. The number of aliphatic hydroxyl groups excluding tert-OH is 1. The van der Waals surface area contributed by atoms with E-state index in [2.05, 4.69) is 5.32 Å². The lowest BCUT2D eigenvalue weighted by atomic mass is 9.99. The van der Waals surface area contributed by atoms with Crippen molar-refractivity contribution in [1.82, 2.24) is 10.2 Å². The molecule has 0 aliphatic carbocycles. The molecule has 0 radical (unpaired) electrons. The van der Waals surface area contributed by atoms with Crippen molar-refractivity contribution in [3.63, 3.8) is 0 Å². The molecule has 1 aromatic carbocycles. The van der Waals surface area contributed by atoms with Crippen molar-refractivity contribution < 1.29 is 19.4 Å². The summed E-state index contributed by atoms with van der Waals surface area (Å²) in [5.74, 6) is 1.67. The third-order valence-corrected chi connectivity index (χ3v) is 3.95. The van der Waals surface area contributed by atoms with Gasteiger partial charge >= 0.3 is 6.03 Å². The van der Waals surface area contributed by atoms with Crippen LogP contribution in [0.25, 0.3) is 0 Å². The molecule has 2 heterocycles. The topological polar surface area (TPSA) is 71.0 Å². The Kier molecular flexibility index (Phi) is 4.15. The number of hydrogen-bond acceptors (Lipinski definition) is 4. The van der Waals surface area contributed by atoms with Crippen LogP contribution in [0.15, 0.2) is 18.2 Å². The summed E-state index contributed by atoms with van der Waals surface area (Å²) >= 11 is 0. The molecule has 114 valence electrons. The fraction of sp³-hybridized carbons (Fsp3) is 0.533. The lowest BCUT2D eigenvalue weighted by molar-refractivity contribution is 0.129. The number of urea groups is 1. The maximum absolute atomic E-state index is 12.1. The number of amides is 2. The summed E-state index contributed by atoms with van der Waals surface area (Å²) < 4.78 is 10.6. The minimum atomic E-state index is -0.0779. The first kappa shape index (κ1) is 14.0. The van der Waals surface area contributed by atoms with Gasteiger partial charge < -0.3 is 24.8 Å². The molecule has 1 saturated heterocycles. The molecule has 0 saturated carbocycles. The summed E-state index contributed by atoms with van der Waals surface area (Å²) in [4.78, 5) is 13.9. The van der Waals surface area contributed by atoms with Gasteiger partial charge in [0.25, 0.3) is 0 Å². The predicted molar refractivity (Wildman–Crippen MR) is 76.2 cm³/mol. The molecular formula is C15H20N2O4. The Morgan fingerprint density at radius 1 is 1.38 bits per heavy atom. The van der Waals surface area contributed by atoms with Crippen LogP contribution in [0.1, 0.15) is 18.4 Å². The average Bonchev–Trinajstić information content (AvgIpc) is 3.00. The molecule has 6 heteroatoms. The smallest absolute Gasteiger partial charge is 0.317 e. The summed E-state index contributed by atoms with van der Waals surface area (Å²) in [6, 6.07) is 5.58. The lowest BCUT2D eigenvalue weighted by Gasteiger charge is -2.31. The number of fused-ring (bicyclic) bond motifs is 1. The first-order valence-electron chi connectivity index (χ1n) is 7.28. The lowest BCUT2D eigenvalue weighted by Crippen LogP contribution is -2.45. The Morgan fingerprint density at radius 2 is 2.24 bits per heavy atom. The second-order valence-corrected chi connectivity index (χ2v) is 5.48. The average molecular weight is 292 g/mol. The van der Waals surface area contributed by atoms with Gasteiger partial charge in [-0.25, -0.2) is 4.79 Å². The van der Waals surface area contributed by atoms with Crippen molar-refractivity contribution in [3.05, 3.63) is 23.8 Å². The summed E-state index contributed by atoms with van der Waals surface area (Å²) in [7, 11) is 0. The van der Waals surface area contributed by atoms with Crippen molar-refractivity contribution >= 4 is 6.03 Å². The number of nitrogens with zero attached hydrogens (tertiary/aromatic N) is 1. The summed E-state index contributed by atoms with van der Waals surface area (Å²) in [5, 5.41) is 12.1. The molecule has 2 aliphatic heterocycles. The van der Waals surface area contributed by atoms with Crippen molar-refractivity contribution in [2.24, 2.45) is 5.92 Å².